The highest BCUT2D eigenvalue weighted by atomic mass is 35.5. The number of carboxylic acid groups (broad SMARTS) is 1. The molecule has 0 aliphatic heterocycles. The summed E-state index contributed by atoms with van der Waals surface area (Å²) in [5, 5.41) is 13.4. The smallest absolute Gasteiger partial charge is 0.475 e. The molecule has 1 heterocycles. The Morgan fingerprint density at radius 1 is 1.21 bits per heavy atom. The van der Waals surface area contributed by atoms with E-state index in [4.69, 9.17) is 37.8 Å². The summed E-state index contributed by atoms with van der Waals surface area (Å²) in [6, 6.07) is 9.28. The highest BCUT2D eigenvalue weighted by molar-refractivity contribution is 7.91. The number of nitrogens with zero attached hydrogens (tertiary/aromatic N) is 2. The van der Waals surface area contributed by atoms with Gasteiger partial charge in [-0.25, -0.2) is 13.2 Å². The van der Waals surface area contributed by atoms with Crippen LogP contribution in [0.5, 0.6) is 0 Å². The molecule has 1 amide bonds. The van der Waals surface area contributed by atoms with Crippen molar-refractivity contribution >= 4 is 45.1 Å². The molecule has 0 saturated heterocycles. The number of anilines is 1. The zero-order valence-corrected chi connectivity index (χ0v) is 21.2. The van der Waals surface area contributed by atoms with Gasteiger partial charge in [0.15, 0.2) is 0 Å². The molecule has 0 aliphatic rings. The zero-order chi connectivity index (χ0) is 29.1. The number of rotatable bonds is 10. The molecule has 1 aromatic carbocycles. The molecule has 13 nitrogen and oxygen atoms in total. The number of aliphatic carboxylic acids is 1. The van der Waals surface area contributed by atoms with Gasteiger partial charge in [0.05, 0.1) is 12.3 Å². The van der Waals surface area contributed by atoms with Crippen LogP contribution >= 0.6 is 11.6 Å². The number of alkyl halides is 3. The molecule has 0 radical (unpaired) electrons. The number of halogens is 4. The fourth-order valence-electron chi connectivity index (χ4n) is 2.55. The first-order valence-electron chi connectivity index (χ1n) is 10.2. The Morgan fingerprint density at radius 2 is 1.84 bits per heavy atom. The van der Waals surface area contributed by atoms with Gasteiger partial charge in [-0.2, -0.15) is 13.2 Å². The van der Waals surface area contributed by atoms with Gasteiger partial charge in [-0.3, -0.25) is 14.3 Å². The average molecular weight is 585 g/mol. The largest absolute Gasteiger partial charge is 0.490 e. The molecule has 2 rings (SSSR count). The number of amides is 1. The number of oxime groups is 1. The fourth-order valence-corrected chi connectivity index (χ4v) is 3.94. The number of guanidine groups is 1. The maximum absolute atomic E-state index is 12.7. The van der Waals surface area contributed by atoms with Crippen LogP contribution in [-0.4, -0.2) is 55.3 Å². The van der Waals surface area contributed by atoms with E-state index in [9.17, 15) is 31.2 Å². The fraction of sp³-hybridized carbons (Fsp3) is 0.300. The molecule has 0 atom stereocenters. The zero-order valence-electron chi connectivity index (χ0n) is 19.7. The topological polar surface area (TPSA) is 208 Å². The number of hydrogen-bond donors (Lipinski definition) is 5. The molecule has 18 heteroatoms. The number of pyridine rings is 1. The Hall–Kier alpha value is -3.99. The Morgan fingerprint density at radius 3 is 2.39 bits per heavy atom. The highest BCUT2D eigenvalue weighted by Gasteiger charge is 2.38. The van der Waals surface area contributed by atoms with Crippen molar-refractivity contribution < 1.29 is 41.1 Å². The lowest BCUT2D eigenvalue weighted by atomic mass is 10.2. The van der Waals surface area contributed by atoms with Crippen molar-refractivity contribution in [2.75, 3.05) is 17.9 Å². The molecule has 0 unspecified atom stereocenters. The van der Waals surface area contributed by atoms with Crippen LogP contribution in [0.3, 0.4) is 0 Å². The average Bonchev–Trinajstić information content (AvgIpc) is 2.77. The third-order valence-electron chi connectivity index (χ3n) is 4.13. The second-order valence-electron chi connectivity index (χ2n) is 7.27. The molecule has 210 valence electrons. The highest BCUT2D eigenvalue weighted by Crippen LogP contribution is 2.15. The van der Waals surface area contributed by atoms with E-state index in [0.29, 0.717) is 16.3 Å². The van der Waals surface area contributed by atoms with Gasteiger partial charge in [0.2, 0.25) is 21.9 Å². The van der Waals surface area contributed by atoms with Crippen molar-refractivity contribution in [3.8, 4) is 0 Å². The summed E-state index contributed by atoms with van der Waals surface area (Å²) < 4.78 is 60.1. The normalized spacial score (nSPS) is 11.0. The Kier molecular flexibility index (Phi) is 11.9. The van der Waals surface area contributed by atoms with Crippen molar-refractivity contribution in [1.29, 1.82) is 0 Å². The molecule has 0 aliphatic carbocycles. The summed E-state index contributed by atoms with van der Waals surface area (Å²) in [5.74, 6) is -3.84. The number of benzene rings is 1. The predicted octanol–water partition coefficient (Wildman–Crippen LogP) is 0.707. The minimum absolute atomic E-state index is 0.0286. The Balaban J connectivity index is 0.000000905. The third kappa shape index (κ3) is 11.8. The number of aromatic nitrogens is 1. The first kappa shape index (κ1) is 32.0. The second-order valence-corrected chi connectivity index (χ2v) is 9.43. The second kappa shape index (κ2) is 14.1. The lowest BCUT2D eigenvalue weighted by Gasteiger charge is -2.13. The van der Waals surface area contributed by atoms with E-state index in [1.807, 2.05) is 0 Å². The molecule has 1 aromatic heterocycles. The molecule has 0 bridgehead atoms. The van der Waals surface area contributed by atoms with Gasteiger partial charge >= 0.3 is 12.1 Å². The van der Waals surface area contributed by atoms with E-state index in [1.54, 1.807) is 25.1 Å². The standard InChI is InChI=1S/C18H23ClN6O5S.C2HF3O2/c1-12-5-6-15(24-31(28,29)11-13-3-2-4-14(19)9-13)17(27)25(12)10-16(26)22-7-8-30-23-18(20)21;3-2(4,5)1(6)7/h2-6,9,24H,7-8,10-11H2,1H3,(H,22,26)(H4,20,21,23);(H,6,7). The molecule has 38 heavy (non-hydrogen) atoms. The van der Waals surface area contributed by atoms with E-state index in [1.165, 1.54) is 18.2 Å². The predicted molar refractivity (Wildman–Crippen MR) is 132 cm³/mol. The van der Waals surface area contributed by atoms with Crippen LogP contribution in [0.1, 0.15) is 11.3 Å². The van der Waals surface area contributed by atoms with Crippen LogP contribution in [0, 0.1) is 6.92 Å². The minimum Gasteiger partial charge on any atom is -0.475 e. The van der Waals surface area contributed by atoms with Gasteiger partial charge in [-0.1, -0.05) is 23.7 Å². The molecule has 0 saturated carbocycles. The van der Waals surface area contributed by atoms with E-state index in [-0.39, 0.29) is 37.1 Å². The lowest BCUT2D eigenvalue weighted by molar-refractivity contribution is -0.192. The van der Waals surface area contributed by atoms with E-state index in [2.05, 4.69) is 15.2 Å². The summed E-state index contributed by atoms with van der Waals surface area (Å²) in [6.45, 7) is 1.45. The summed E-state index contributed by atoms with van der Waals surface area (Å²) in [4.78, 5) is 38.5. The van der Waals surface area contributed by atoms with Gasteiger partial charge in [0, 0.05) is 10.7 Å². The van der Waals surface area contributed by atoms with Crippen LogP contribution in [-0.2, 0) is 36.7 Å². The van der Waals surface area contributed by atoms with Crippen molar-refractivity contribution in [3.05, 3.63) is 63.0 Å². The third-order valence-corrected chi connectivity index (χ3v) is 5.61. The molecular weight excluding hydrogens is 561 g/mol. The van der Waals surface area contributed by atoms with Crippen molar-refractivity contribution in [1.82, 2.24) is 9.88 Å². The summed E-state index contributed by atoms with van der Waals surface area (Å²) in [7, 11) is -3.88. The molecular formula is C20H24ClF3N6O7S. The van der Waals surface area contributed by atoms with Crippen LogP contribution in [0.4, 0.5) is 18.9 Å². The van der Waals surface area contributed by atoms with Gasteiger partial charge in [-0.05, 0) is 41.9 Å². The van der Waals surface area contributed by atoms with E-state index in [0.717, 1.165) is 4.57 Å². The number of carbonyl (C=O) groups is 2. The SMILES string of the molecule is Cc1ccc(NS(=O)(=O)Cc2cccc(Cl)c2)c(=O)n1CC(=O)NCCON=C(N)N.O=C(O)C(F)(F)F. The number of nitrogens with one attached hydrogen (secondary N) is 2. The van der Waals surface area contributed by atoms with Crippen LogP contribution in [0.2, 0.25) is 5.02 Å². The van der Waals surface area contributed by atoms with Gasteiger partial charge < -0.3 is 31.3 Å². The monoisotopic (exact) mass is 584 g/mol. The van der Waals surface area contributed by atoms with Crippen LogP contribution < -0.4 is 27.1 Å². The van der Waals surface area contributed by atoms with Crippen molar-refractivity contribution in [2.45, 2.75) is 25.4 Å². The summed E-state index contributed by atoms with van der Waals surface area (Å²) in [5.41, 5.74) is 10.3. The van der Waals surface area contributed by atoms with Crippen LogP contribution in [0.25, 0.3) is 0 Å². The Labute approximate surface area is 219 Å². The first-order valence-corrected chi connectivity index (χ1v) is 12.3. The van der Waals surface area contributed by atoms with Crippen molar-refractivity contribution in [2.24, 2.45) is 16.6 Å². The van der Waals surface area contributed by atoms with Gasteiger partial charge in [0.1, 0.15) is 18.8 Å². The number of carboxylic acids is 1. The van der Waals surface area contributed by atoms with E-state index < -0.39 is 33.6 Å². The molecule has 0 fully saturated rings. The Bertz CT molecular complexity index is 1330. The summed E-state index contributed by atoms with van der Waals surface area (Å²) >= 11 is 5.88. The molecule has 0 spiro atoms. The number of aryl methyl sites for hydroxylation is 1. The lowest BCUT2D eigenvalue weighted by Crippen LogP contribution is -2.36. The summed E-state index contributed by atoms with van der Waals surface area (Å²) in [6.07, 6.45) is -5.08. The number of carbonyl (C=O) groups excluding carboxylic acids is 1. The number of hydrogen-bond acceptors (Lipinski definition) is 7. The van der Waals surface area contributed by atoms with Crippen molar-refractivity contribution in [3.63, 3.8) is 0 Å². The maximum atomic E-state index is 12.7. The minimum atomic E-state index is -5.08. The molecule has 7 N–H and O–H groups in total. The number of nitrogens with two attached hydrogens (primary N) is 2. The number of sulfonamides is 1. The quantitative estimate of drug-likeness (QED) is 0.115. The maximum Gasteiger partial charge on any atom is 0.490 e. The molecule has 2 aromatic rings. The van der Waals surface area contributed by atoms with Crippen LogP contribution in [0.15, 0.2) is 46.3 Å². The van der Waals surface area contributed by atoms with Gasteiger partial charge in [-0.15, -0.1) is 0 Å². The van der Waals surface area contributed by atoms with Gasteiger partial charge in [0.25, 0.3) is 5.56 Å². The first-order chi connectivity index (χ1) is 17.5. The van der Waals surface area contributed by atoms with E-state index >= 15 is 0 Å².